The molecule has 0 atom stereocenters. The SMILES string of the molecule is COc1cncc2nc(-c3ccnc(Nc4cc(F)ccc4F)c3)nc(N3CCNCC3)c12. The molecule has 0 unspecified atom stereocenters. The maximum Gasteiger partial charge on any atom is 0.162 e. The number of nitrogens with one attached hydrogen (secondary N) is 2. The van der Waals surface area contributed by atoms with E-state index in [-0.39, 0.29) is 5.69 Å². The van der Waals surface area contributed by atoms with Gasteiger partial charge in [-0.15, -0.1) is 0 Å². The molecular formula is C23H21F2N7O. The Balaban J connectivity index is 1.59. The molecule has 0 amide bonds. The standard InChI is InChI=1S/C23H21F2N7O/c1-33-19-13-27-12-18-21(19)23(32-8-6-26-7-9-32)31-22(30-18)14-4-5-28-20(10-14)29-17-11-15(24)2-3-16(17)25/h2-5,10-13,26H,6-9H2,1H3,(H,28,29). The lowest BCUT2D eigenvalue weighted by Gasteiger charge is -2.29. The van der Waals surface area contributed by atoms with E-state index in [1.807, 2.05) is 0 Å². The van der Waals surface area contributed by atoms with Crippen molar-refractivity contribution in [3.8, 4) is 17.1 Å². The Morgan fingerprint density at radius 1 is 1.06 bits per heavy atom. The first-order chi connectivity index (χ1) is 16.1. The van der Waals surface area contributed by atoms with Crippen LogP contribution in [0.15, 0.2) is 48.9 Å². The second kappa shape index (κ2) is 8.91. The van der Waals surface area contributed by atoms with Gasteiger partial charge < -0.3 is 20.3 Å². The minimum Gasteiger partial charge on any atom is -0.494 e. The summed E-state index contributed by atoms with van der Waals surface area (Å²) < 4.78 is 33.2. The third-order valence-electron chi connectivity index (χ3n) is 5.40. The van der Waals surface area contributed by atoms with Gasteiger partial charge in [0, 0.05) is 44.0 Å². The summed E-state index contributed by atoms with van der Waals surface area (Å²) in [5.74, 6) is 1.05. The van der Waals surface area contributed by atoms with E-state index in [0.29, 0.717) is 28.5 Å². The lowest BCUT2D eigenvalue weighted by Crippen LogP contribution is -2.44. The number of halogens is 2. The van der Waals surface area contributed by atoms with Crippen LogP contribution in [0.5, 0.6) is 5.75 Å². The van der Waals surface area contributed by atoms with Crippen molar-refractivity contribution < 1.29 is 13.5 Å². The summed E-state index contributed by atoms with van der Waals surface area (Å²) in [5, 5.41) is 6.97. The fraction of sp³-hybridized carbons (Fsp3) is 0.217. The zero-order valence-electron chi connectivity index (χ0n) is 17.8. The second-order valence-corrected chi connectivity index (χ2v) is 7.52. The summed E-state index contributed by atoms with van der Waals surface area (Å²) in [4.78, 5) is 20.2. The molecule has 1 fully saturated rings. The highest BCUT2D eigenvalue weighted by molar-refractivity contribution is 5.95. The van der Waals surface area contributed by atoms with Crippen molar-refractivity contribution in [3.05, 3.63) is 60.6 Å². The van der Waals surface area contributed by atoms with Crippen LogP contribution in [0.2, 0.25) is 0 Å². The Kier molecular flexibility index (Phi) is 5.66. The smallest absolute Gasteiger partial charge is 0.162 e. The maximum absolute atomic E-state index is 14.1. The number of hydrogen-bond acceptors (Lipinski definition) is 8. The largest absolute Gasteiger partial charge is 0.494 e. The van der Waals surface area contributed by atoms with Gasteiger partial charge in [-0.05, 0) is 24.3 Å². The van der Waals surface area contributed by atoms with Gasteiger partial charge in [-0.2, -0.15) is 0 Å². The fourth-order valence-corrected chi connectivity index (χ4v) is 3.79. The average molecular weight is 449 g/mol. The maximum atomic E-state index is 14.1. The molecule has 1 saturated heterocycles. The number of methoxy groups -OCH3 is 1. The third-order valence-corrected chi connectivity index (χ3v) is 5.40. The number of nitrogens with zero attached hydrogens (tertiary/aromatic N) is 5. The number of fused-ring (bicyclic) bond motifs is 1. The molecule has 4 heterocycles. The van der Waals surface area contributed by atoms with Gasteiger partial charge in [-0.3, -0.25) is 4.98 Å². The van der Waals surface area contributed by atoms with Crippen molar-refractivity contribution in [1.82, 2.24) is 25.3 Å². The summed E-state index contributed by atoms with van der Waals surface area (Å²) in [6, 6.07) is 6.67. The molecule has 3 aromatic heterocycles. The lowest BCUT2D eigenvalue weighted by atomic mass is 10.2. The number of piperazine rings is 1. The van der Waals surface area contributed by atoms with Crippen LogP contribution in [0.1, 0.15) is 0 Å². The molecule has 2 N–H and O–H groups in total. The minimum atomic E-state index is -0.579. The predicted molar refractivity (Wildman–Crippen MR) is 122 cm³/mol. The Morgan fingerprint density at radius 2 is 1.91 bits per heavy atom. The minimum absolute atomic E-state index is 0.00507. The molecule has 1 aliphatic rings. The highest BCUT2D eigenvalue weighted by atomic mass is 19.1. The van der Waals surface area contributed by atoms with Crippen molar-refractivity contribution in [2.45, 2.75) is 0 Å². The predicted octanol–water partition coefficient (Wildman–Crippen LogP) is 3.53. The van der Waals surface area contributed by atoms with Gasteiger partial charge in [0.25, 0.3) is 0 Å². The molecule has 0 spiro atoms. The number of ether oxygens (including phenoxy) is 1. The molecule has 8 nitrogen and oxygen atoms in total. The van der Waals surface area contributed by atoms with Crippen LogP contribution in [-0.2, 0) is 0 Å². The van der Waals surface area contributed by atoms with E-state index in [1.165, 1.54) is 0 Å². The first-order valence-electron chi connectivity index (χ1n) is 10.5. The summed E-state index contributed by atoms with van der Waals surface area (Å²) >= 11 is 0. The highest BCUT2D eigenvalue weighted by Crippen LogP contribution is 2.34. The topological polar surface area (TPSA) is 88.1 Å². The molecule has 4 aromatic rings. The fourth-order valence-electron chi connectivity index (χ4n) is 3.79. The zero-order chi connectivity index (χ0) is 22.8. The van der Waals surface area contributed by atoms with Crippen LogP contribution in [0.4, 0.5) is 26.1 Å². The number of pyridine rings is 2. The van der Waals surface area contributed by atoms with Gasteiger partial charge in [-0.25, -0.2) is 23.7 Å². The van der Waals surface area contributed by atoms with E-state index >= 15 is 0 Å². The van der Waals surface area contributed by atoms with E-state index in [4.69, 9.17) is 14.7 Å². The van der Waals surface area contributed by atoms with E-state index in [1.54, 1.807) is 37.8 Å². The van der Waals surface area contributed by atoms with Crippen molar-refractivity contribution in [2.75, 3.05) is 43.5 Å². The van der Waals surface area contributed by atoms with Gasteiger partial charge in [0.05, 0.1) is 36.1 Å². The second-order valence-electron chi connectivity index (χ2n) is 7.52. The van der Waals surface area contributed by atoms with Crippen molar-refractivity contribution in [1.29, 1.82) is 0 Å². The molecule has 0 radical (unpaired) electrons. The molecule has 10 heteroatoms. The zero-order valence-corrected chi connectivity index (χ0v) is 17.8. The van der Waals surface area contributed by atoms with Crippen molar-refractivity contribution in [3.63, 3.8) is 0 Å². The number of benzene rings is 1. The van der Waals surface area contributed by atoms with Crippen LogP contribution in [-0.4, -0.2) is 53.2 Å². The molecule has 168 valence electrons. The van der Waals surface area contributed by atoms with E-state index in [2.05, 4.69) is 25.5 Å². The molecular weight excluding hydrogens is 428 g/mol. The molecule has 1 aromatic carbocycles. The molecule has 1 aliphatic heterocycles. The quantitative estimate of drug-likeness (QED) is 0.479. The Labute approximate surface area is 188 Å². The van der Waals surface area contributed by atoms with Crippen LogP contribution in [0, 0.1) is 11.6 Å². The Bertz CT molecular complexity index is 1310. The Morgan fingerprint density at radius 3 is 2.73 bits per heavy atom. The third kappa shape index (κ3) is 4.24. The van der Waals surface area contributed by atoms with E-state index in [9.17, 15) is 8.78 Å². The summed E-state index contributed by atoms with van der Waals surface area (Å²) in [6.45, 7) is 3.27. The number of anilines is 3. The van der Waals surface area contributed by atoms with Gasteiger partial charge in [0.1, 0.15) is 29.0 Å². The number of rotatable bonds is 5. The van der Waals surface area contributed by atoms with Crippen LogP contribution in [0.25, 0.3) is 22.3 Å². The van der Waals surface area contributed by atoms with Gasteiger partial charge in [-0.1, -0.05) is 0 Å². The van der Waals surface area contributed by atoms with Gasteiger partial charge in [0.2, 0.25) is 0 Å². The number of aromatic nitrogens is 4. The Hall–Kier alpha value is -3.92. The summed E-state index contributed by atoms with van der Waals surface area (Å²) in [6.07, 6.45) is 4.90. The van der Waals surface area contributed by atoms with Crippen LogP contribution in [0.3, 0.4) is 0 Å². The van der Waals surface area contributed by atoms with Crippen LogP contribution < -0.4 is 20.3 Å². The summed E-state index contributed by atoms with van der Waals surface area (Å²) in [5.41, 5.74) is 1.32. The molecule has 5 rings (SSSR count). The first kappa shape index (κ1) is 21.0. The number of hydrogen-bond donors (Lipinski definition) is 2. The average Bonchev–Trinajstić information content (AvgIpc) is 2.86. The summed E-state index contributed by atoms with van der Waals surface area (Å²) in [7, 11) is 1.60. The van der Waals surface area contributed by atoms with E-state index < -0.39 is 11.6 Å². The molecule has 33 heavy (non-hydrogen) atoms. The highest BCUT2D eigenvalue weighted by Gasteiger charge is 2.21. The first-order valence-corrected chi connectivity index (χ1v) is 10.5. The van der Waals surface area contributed by atoms with Gasteiger partial charge >= 0.3 is 0 Å². The van der Waals surface area contributed by atoms with Crippen LogP contribution >= 0.6 is 0 Å². The normalized spacial score (nSPS) is 13.8. The monoisotopic (exact) mass is 449 g/mol. The lowest BCUT2D eigenvalue weighted by molar-refractivity contribution is 0.418. The van der Waals surface area contributed by atoms with Crippen molar-refractivity contribution >= 4 is 28.2 Å². The van der Waals surface area contributed by atoms with Crippen molar-refractivity contribution in [2.24, 2.45) is 0 Å². The van der Waals surface area contributed by atoms with E-state index in [0.717, 1.165) is 55.6 Å². The van der Waals surface area contributed by atoms with Gasteiger partial charge in [0.15, 0.2) is 5.82 Å². The molecule has 0 saturated carbocycles. The molecule has 0 aliphatic carbocycles. The molecule has 0 bridgehead atoms.